The Labute approximate surface area is 112 Å². The SMILES string of the molecule is c1ccc(C(c2nccs2)N2CCCCC2)cc1. The average molecular weight is 258 g/mol. The van der Waals surface area contributed by atoms with Crippen LogP contribution in [0.25, 0.3) is 0 Å². The van der Waals surface area contributed by atoms with Gasteiger partial charge in [0.2, 0.25) is 0 Å². The van der Waals surface area contributed by atoms with Gasteiger partial charge in [0.05, 0.1) is 6.04 Å². The van der Waals surface area contributed by atoms with Gasteiger partial charge in [-0.25, -0.2) is 4.98 Å². The van der Waals surface area contributed by atoms with E-state index >= 15 is 0 Å². The Balaban J connectivity index is 1.93. The normalized spacial score (nSPS) is 18.7. The molecule has 0 amide bonds. The van der Waals surface area contributed by atoms with Crippen molar-refractivity contribution >= 4 is 11.3 Å². The highest BCUT2D eigenvalue weighted by molar-refractivity contribution is 7.09. The topological polar surface area (TPSA) is 16.1 Å². The molecule has 0 N–H and O–H groups in total. The van der Waals surface area contributed by atoms with E-state index < -0.39 is 0 Å². The van der Waals surface area contributed by atoms with Crippen LogP contribution >= 0.6 is 11.3 Å². The van der Waals surface area contributed by atoms with E-state index in [2.05, 4.69) is 45.6 Å². The Morgan fingerprint density at radius 2 is 1.83 bits per heavy atom. The first-order valence-electron chi connectivity index (χ1n) is 6.63. The second kappa shape index (κ2) is 5.63. The molecule has 0 bridgehead atoms. The first kappa shape index (κ1) is 11.9. The molecule has 3 rings (SSSR count). The lowest BCUT2D eigenvalue weighted by molar-refractivity contribution is 0.187. The Bertz CT molecular complexity index is 461. The fourth-order valence-corrected chi connectivity index (χ4v) is 3.49. The van der Waals surface area contributed by atoms with Crippen LogP contribution in [0.4, 0.5) is 0 Å². The third-order valence-electron chi connectivity index (χ3n) is 3.56. The predicted molar refractivity (Wildman–Crippen MR) is 75.8 cm³/mol. The van der Waals surface area contributed by atoms with Crippen LogP contribution in [0.15, 0.2) is 41.9 Å². The molecule has 1 unspecified atom stereocenters. The molecule has 3 heteroatoms. The summed E-state index contributed by atoms with van der Waals surface area (Å²) in [5.41, 5.74) is 1.37. The molecule has 18 heavy (non-hydrogen) atoms. The van der Waals surface area contributed by atoms with Gasteiger partial charge in [0.15, 0.2) is 0 Å². The standard InChI is InChI=1S/C15H18N2S/c1-3-7-13(8-4-1)14(15-16-9-12-18-15)17-10-5-2-6-11-17/h1,3-4,7-9,12,14H,2,5-6,10-11H2. The minimum Gasteiger partial charge on any atom is -0.290 e. The number of likely N-dealkylation sites (tertiary alicyclic amines) is 1. The molecule has 2 aromatic rings. The van der Waals surface area contributed by atoms with Gasteiger partial charge in [-0.15, -0.1) is 11.3 Å². The van der Waals surface area contributed by atoms with Crippen molar-refractivity contribution in [2.45, 2.75) is 25.3 Å². The minimum atomic E-state index is 0.353. The second-order valence-corrected chi connectivity index (χ2v) is 5.71. The third kappa shape index (κ3) is 2.47. The fourth-order valence-electron chi connectivity index (χ4n) is 2.69. The van der Waals surface area contributed by atoms with Crippen LogP contribution in [0, 0.1) is 0 Å². The van der Waals surface area contributed by atoms with Gasteiger partial charge in [-0.2, -0.15) is 0 Å². The van der Waals surface area contributed by atoms with Gasteiger partial charge in [0.25, 0.3) is 0 Å². The molecule has 2 heterocycles. The molecule has 1 aliphatic heterocycles. The summed E-state index contributed by atoms with van der Waals surface area (Å²) in [6.45, 7) is 2.39. The van der Waals surface area contributed by atoms with Gasteiger partial charge < -0.3 is 0 Å². The van der Waals surface area contributed by atoms with Gasteiger partial charge in [-0.05, 0) is 31.5 Å². The zero-order valence-corrected chi connectivity index (χ0v) is 11.3. The van der Waals surface area contributed by atoms with Crippen molar-refractivity contribution in [2.75, 3.05) is 13.1 Å². The highest BCUT2D eigenvalue weighted by atomic mass is 32.1. The van der Waals surface area contributed by atoms with Crippen LogP contribution in [0.3, 0.4) is 0 Å². The van der Waals surface area contributed by atoms with Crippen LogP contribution in [0.1, 0.15) is 35.9 Å². The van der Waals surface area contributed by atoms with E-state index in [0.29, 0.717) is 6.04 Å². The number of nitrogens with zero attached hydrogens (tertiary/aromatic N) is 2. The summed E-state index contributed by atoms with van der Waals surface area (Å²) in [5.74, 6) is 0. The molecule has 1 fully saturated rings. The van der Waals surface area contributed by atoms with Crippen molar-refractivity contribution in [3.05, 3.63) is 52.5 Å². The Morgan fingerprint density at radius 1 is 1.06 bits per heavy atom. The number of aromatic nitrogens is 1. The molecule has 1 aromatic heterocycles. The van der Waals surface area contributed by atoms with Gasteiger partial charge in [0.1, 0.15) is 5.01 Å². The summed E-state index contributed by atoms with van der Waals surface area (Å²) >= 11 is 1.77. The van der Waals surface area contributed by atoms with E-state index in [-0.39, 0.29) is 0 Å². The quantitative estimate of drug-likeness (QED) is 0.834. The molecule has 0 aliphatic carbocycles. The molecule has 0 radical (unpaired) electrons. The molecular formula is C15H18N2S. The second-order valence-electron chi connectivity index (χ2n) is 4.78. The number of hydrogen-bond donors (Lipinski definition) is 0. The summed E-state index contributed by atoms with van der Waals surface area (Å²) in [5, 5.41) is 3.30. The van der Waals surface area contributed by atoms with Gasteiger partial charge in [-0.1, -0.05) is 36.8 Å². The molecule has 1 aromatic carbocycles. The molecule has 0 spiro atoms. The Kier molecular flexibility index (Phi) is 3.72. The highest BCUT2D eigenvalue weighted by Gasteiger charge is 2.25. The molecule has 1 saturated heterocycles. The zero-order chi connectivity index (χ0) is 12.2. The van der Waals surface area contributed by atoms with Crippen LogP contribution in [-0.4, -0.2) is 23.0 Å². The molecule has 2 nitrogen and oxygen atoms in total. The van der Waals surface area contributed by atoms with Crippen molar-refractivity contribution in [1.82, 2.24) is 9.88 Å². The van der Waals surface area contributed by atoms with E-state index in [0.717, 1.165) is 0 Å². The third-order valence-corrected chi connectivity index (χ3v) is 4.38. The van der Waals surface area contributed by atoms with Crippen molar-refractivity contribution in [3.63, 3.8) is 0 Å². The Morgan fingerprint density at radius 3 is 2.50 bits per heavy atom. The van der Waals surface area contributed by atoms with Crippen molar-refractivity contribution in [3.8, 4) is 0 Å². The van der Waals surface area contributed by atoms with Crippen LogP contribution in [0.2, 0.25) is 0 Å². The largest absolute Gasteiger partial charge is 0.290 e. The first-order chi connectivity index (χ1) is 8.95. The van der Waals surface area contributed by atoms with Gasteiger partial charge in [0, 0.05) is 11.6 Å². The number of hydrogen-bond acceptors (Lipinski definition) is 3. The zero-order valence-electron chi connectivity index (χ0n) is 10.5. The molecule has 0 saturated carbocycles. The summed E-state index contributed by atoms with van der Waals surface area (Å²) in [4.78, 5) is 7.13. The Hall–Kier alpha value is -1.19. The fraction of sp³-hybridized carbons (Fsp3) is 0.400. The molecule has 94 valence electrons. The van der Waals surface area contributed by atoms with E-state index in [4.69, 9.17) is 0 Å². The first-order valence-corrected chi connectivity index (χ1v) is 7.51. The predicted octanol–water partition coefficient (Wildman–Crippen LogP) is 3.72. The van der Waals surface area contributed by atoms with E-state index in [1.54, 1.807) is 11.3 Å². The smallest absolute Gasteiger partial charge is 0.114 e. The van der Waals surface area contributed by atoms with Crippen molar-refractivity contribution in [2.24, 2.45) is 0 Å². The maximum Gasteiger partial charge on any atom is 0.114 e. The van der Waals surface area contributed by atoms with Crippen molar-refractivity contribution in [1.29, 1.82) is 0 Å². The summed E-state index contributed by atoms with van der Waals surface area (Å²) in [6, 6.07) is 11.1. The maximum atomic E-state index is 4.55. The molecular weight excluding hydrogens is 240 g/mol. The summed E-state index contributed by atoms with van der Waals surface area (Å²) in [7, 11) is 0. The van der Waals surface area contributed by atoms with Crippen LogP contribution < -0.4 is 0 Å². The van der Waals surface area contributed by atoms with E-state index in [1.807, 2.05) is 6.20 Å². The summed E-state index contributed by atoms with van der Waals surface area (Å²) < 4.78 is 0. The summed E-state index contributed by atoms with van der Waals surface area (Å²) in [6.07, 6.45) is 5.92. The monoisotopic (exact) mass is 258 g/mol. The lowest BCUT2D eigenvalue weighted by Crippen LogP contribution is -2.34. The van der Waals surface area contributed by atoms with Crippen LogP contribution in [-0.2, 0) is 0 Å². The maximum absolute atomic E-state index is 4.55. The van der Waals surface area contributed by atoms with E-state index in [1.165, 1.54) is 42.9 Å². The average Bonchev–Trinajstić information content (AvgIpc) is 2.95. The number of rotatable bonds is 3. The lowest BCUT2D eigenvalue weighted by Gasteiger charge is -2.33. The molecule has 1 atom stereocenters. The van der Waals surface area contributed by atoms with E-state index in [9.17, 15) is 0 Å². The molecule has 1 aliphatic rings. The number of piperidine rings is 1. The van der Waals surface area contributed by atoms with Gasteiger partial charge >= 0.3 is 0 Å². The number of thiazole rings is 1. The minimum absolute atomic E-state index is 0.353. The lowest BCUT2D eigenvalue weighted by atomic mass is 10.0. The van der Waals surface area contributed by atoms with Crippen LogP contribution in [0.5, 0.6) is 0 Å². The number of benzene rings is 1. The van der Waals surface area contributed by atoms with Gasteiger partial charge in [-0.3, -0.25) is 4.90 Å². The van der Waals surface area contributed by atoms with Crippen molar-refractivity contribution < 1.29 is 0 Å². The highest BCUT2D eigenvalue weighted by Crippen LogP contribution is 2.31.